The third-order valence-corrected chi connectivity index (χ3v) is 6.45. The van der Waals surface area contributed by atoms with Gasteiger partial charge in [-0.25, -0.2) is 9.97 Å². The summed E-state index contributed by atoms with van der Waals surface area (Å²) in [6.45, 7) is 5.77. The van der Waals surface area contributed by atoms with E-state index in [0.717, 1.165) is 50.7 Å². The van der Waals surface area contributed by atoms with Gasteiger partial charge in [0.2, 0.25) is 5.91 Å². The van der Waals surface area contributed by atoms with Crippen molar-refractivity contribution in [3.8, 4) is 0 Å². The van der Waals surface area contributed by atoms with Gasteiger partial charge in [0.05, 0.1) is 12.1 Å². The van der Waals surface area contributed by atoms with E-state index in [-0.39, 0.29) is 18.1 Å². The molecule has 0 aromatic carbocycles. The number of ether oxygens (including phenoxy) is 1. The monoisotopic (exact) mass is 373 g/mol. The van der Waals surface area contributed by atoms with Crippen molar-refractivity contribution >= 4 is 17.5 Å². The van der Waals surface area contributed by atoms with E-state index in [4.69, 9.17) is 4.74 Å². The van der Waals surface area contributed by atoms with Crippen molar-refractivity contribution in [2.75, 3.05) is 43.1 Å². The molecular formula is C20H31N5O2. The summed E-state index contributed by atoms with van der Waals surface area (Å²) >= 11 is 0. The number of hydrogen-bond donors (Lipinski definition) is 1. The van der Waals surface area contributed by atoms with E-state index in [1.807, 2.05) is 0 Å². The molecule has 27 heavy (non-hydrogen) atoms. The van der Waals surface area contributed by atoms with Gasteiger partial charge in [-0.2, -0.15) is 0 Å². The Balaban J connectivity index is 1.45. The molecule has 1 aromatic rings. The largest absolute Gasteiger partial charge is 0.379 e. The lowest BCUT2D eigenvalue weighted by Crippen LogP contribution is -2.49. The summed E-state index contributed by atoms with van der Waals surface area (Å²) < 4.78 is 5.69. The number of aromatic nitrogens is 2. The number of piperidine rings is 1. The van der Waals surface area contributed by atoms with Crippen LogP contribution in [0.25, 0.3) is 0 Å². The van der Waals surface area contributed by atoms with Crippen molar-refractivity contribution in [3.63, 3.8) is 0 Å². The zero-order valence-corrected chi connectivity index (χ0v) is 16.4. The molecule has 1 amide bonds. The van der Waals surface area contributed by atoms with Crippen molar-refractivity contribution in [3.05, 3.63) is 12.4 Å². The van der Waals surface area contributed by atoms with E-state index >= 15 is 0 Å². The van der Waals surface area contributed by atoms with E-state index in [0.29, 0.717) is 11.8 Å². The van der Waals surface area contributed by atoms with Gasteiger partial charge in [0.1, 0.15) is 18.0 Å². The van der Waals surface area contributed by atoms with Gasteiger partial charge in [-0.05, 0) is 43.9 Å². The average molecular weight is 374 g/mol. The molecule has 1 N–H and O–H groups in total. The van der Waals surface area contributed by atoms with Crippen molar-refractivity contribution in [1.29, 1.82) is 0 Å². The highest BCUT2D eigenvalue weighted by Crippen LogP contribution is 2.39. The maximum atomic E-state index is 11.5. The third-order valence-electron chi connectivity index (χ3n) is 6.45. The normalized spacial score (nSPS) is 30.9. The molecule has 148 valence electrons. The SMILES string of the molecule is CO[C@@H]1C[C@H]2CN(c3cc(N4CCCCC4)ncn3)C[C@H]2C[C@H]1NC(C)=O. The zero-order chi connectivity index (χ0) is 18.8. The number of nitrogens with one attached hydrogen (secondary N) is 1. The predicted molar refractivity (Wildman–Crippen MR) is 105 cm³/mol. The van der Waals surface area contributed by atoms with Crippen LogP contribution in [0.1, 0.15) is 39.0 Å². The fourth-order valence-corrected chi connectivity index (χ4v) is 5.08. The Kier molecular flexibility index (Phi) is 5.48. The van der Waals surface area contributed by atoms with Crippen molar-refractivity contribution < 1.29 is 9.53 Å². The predicted octanol–water partition coefficient (Wildman–Crippen LogP) is 1.83. The molecular weight excluding hydrogens is 342 g/mol. The summed E-state index contributed by atoms with van der Waals surface area (Å²) in [6.07, 6.45) is 7.59. The summed E-state index contributed by atoms with van der Waals surface area (Å²) in [6, 6.07) is 2.27. The van der Waals surface area contributed by atoms with Crippen LogP contribution >= 0.6 is 0 Å². The number of anilines is 2. The van der Waals surface area contributed by atoms with Crippen LogP contribution in [0.15, 0.2) is 12.4 Å². The second-order valence-electron chi connectivity index (χ2n) is 8.26. The number of carbonyl (C=O) groups excluding carboxylic acids is 1. The maximum absolute atomic E-state index is 11.5. The van der Waals surface area contributed by atoms with Crippen LogP contribution in [0.2, 0.25) is 0 Å². The highest BCUT2D eigenvalue weighted by molar-refractivity contribution is 5.73. The van der Waals surface area contributed by atoms with E-state index in [9.17, 15) is 4.79 Å². The van der Waals surface area contributed by atoms with Gasteiger partial charge in [-0.15, -0.1) is 0 Å². The van der Waals surface area contributed by atoms with E-state index in [1.165, 1.54) is 19.3 Å². The second-order valence-corrected chi connectivity index (χ2v) is 8.26. The summed E-state index contributed by atoms with van der Waals surface area (Å²) in [7, 11) is 1.75. The minimum absolute atomic E-state index is 0.0253. The van der Waals surface area contributed by atoms with Gasteiger partial charge >= 0.3 is 0 Å². The Morgan fingerprint density at radius 2 is 1.74 bits per heavy atom. The Bertz CT molecular complexity index is 664. The van der Waals surface area contributed by atoms with Crippen LogP contribution in [0.3, 0.4) is 0 Å². The lowest BCUT2D eigenvalue weighted by Gasteiger charge is -2.37. The number of rotatable bonds is 4. The van der Waals surface area contributed by atoms with E-state index < -0.39 is 0 Å². The van der Waals surface area contributed by atoms with Gasteiger partial charge in [0.25, 0.3) is 0 Å². The Morgan fingerprint density at radius 1 is 1.07 bits per heavy atom. The van der Waals surface area contributed by atoms with Crippen molar-refractivity contribution in [1.82, 2.24) is 15.3 Å². The second kappa shape index (κ2) is 8.00. The molecule has 2 saturated heterocycles. The highest BCUT2D eigenvalue weighted by atomic mass is 16.5. The number of fused-ring (bicyclic) bond motifs is 1. The van der Waals surface area contributed by atoms with Gasteiger partial charge in [0.15, 0.2) is 0 Å². The Morgan fingerprint density at radius 3 is 2.41 bits per heavy atom. The van der Waals surface area contributed by atoms with Crippen LogP contribution in [0.4, 0.5) is 11.6 Å². The molecule has 1 aromatic heterocycles. The Labute approximate surface area is 161 Å². The molecule has 1 aliphatic carbocycles. The summed E-state index contributed by atoms with van der Waals surface area (Å²) in [5.41, 5.74) is 0. The minimum Gasteiger partial charge on any atom is -0.379 e. The fourth-order valence-electron chi connectivity index (χ4n) is 5.08. The smallest absolute Gasteiger partial charge is 0.217 e. The molecule has 1 saturated carbocycles. The van der Waals surface area contributed by atoms with Gasteiger partial charge < -0.3 is 19.9 Å². The van der Waals surface area contributed by atoms with Crippen LogP contribution in [-0.4, -0.2) is 61.3 Å². The molecule has 0 unspecified atom stereocenters. The molecule has 4 rings (SSSR count). The quantitative estimate of drug-likeness (QED) is 0.868. The molecule has 3 heterocycles. The highest BCUT2D eigenvalue weighted by Gasteiger charge is 2.43. The first-order valence-electron chi connectivity index (χ1n) is 10.3. The number of carbonyl (C=O) groups is 1. The topological polar surface area (TPSA) is 70.6 Å². The molecule has 0 radical (unpaired) electrons. The molecule has 2 aliphatic heterocycles. The molecule has 3 fully saturated rings. The lowest BCUT2D eigenvalue weighted by atomic mass is 9.77. The first-order valence-corrected chi connectivity index (χ1v) is 10.3. The molecule has 4 atom stereocenters. The minimum atomic E-state index is 0.0253. The van der Waals surface area contributed by atoms with Gasteiger partial charge in [-0.3, -0.25) is 4.79 Å². The molecule has 0 bridgehead atoms. The first kappa shape index (κ1) is 18.5. The molecule has 7 heteroatoms. The molecule has 3 aliphatic rings. The Hall–Kier alpha value is -1.89. The molecule has 0 spiro atoms. The van der Waals surface area contributed by atoms with Crippen LogP contribution in [-0.2, 0) is 9.53 Å². The van der Waals surface area contributed by atoms with Crippen LogP contribution in [0, 0.1) is 11.8 Å². The lowest BCUT2D eigenvalue weighted by molar-refractivity contribution is -0.121. The van der Waals surface area contributed by atoms with E-state index in [2.05, 4.69) is 31.2 Å². The number of methoxy groups -OCH3 is 1. The summed E-state index contributed by atoms with van der Waals surface area (Å²) in [4.78, 5) is 25.4. The van der Waals surface area contributed by atoms with Crippen LogP contribution in [0.5, 0.6) is 0 Å². The van der Waals surface area contributed by atoms with Gasteiger partial charge in [0, 0.05) is 46.3 Å². The third kappa shape index (κ3) is 4.03. The van der Waals surface area contributed by atoms with Crippen LogP contribution < -0.4 is 15.1 Å². The summed E-state index contributed by atoms with van der Waals surface area (Å²) in [5.74, 6) is 3.28. The van der Waals surface area contributed by atoms with E-state index in [1.54, 1.807) is 20.4 Å². The number of nitrogens with zero attached hydrogens (tertiary/aromatic N) is 4. The molecule has 7 nitrogen and oxygen atoms in total. The summed E-state index contributed by atoms with van der Waals surface area (Å²) in [5, 5.41) is 3.09. The van der Waals surface area contributed by atoms with Crippen molar-refractivity contribution in [2.24, 2.45) is 11.8 Å². The number of amides is 1. The average Bonchev–Trinajstić information content (AvgIpc) is 3.10. The number of hydrogen-bond acceptors (Lipinski definition) is 6. The van der Waals surface area contributed by atoms with Crippen molar-refractivity contribution in [2.45, 2.75) is 51.2 Å². The zero-order valence-electron chi connectivity index (χ0n) is 16.4. The van der Waals surface area contributed by atoms with Gasteiger partial charge in [-0.1, -0.05) is 0 Å². The fraction of sp³-hybridized carbons (Fsp3) is 0.750. The first-order chi connectivity index (χ1) is 13.1. The maximum Gasteiger partial charge on any atom is 0.217 e. The standard InChI is InChI=1S/C20H31N5O2/c1-14(26)23-17-8-15-11-25(12-16(15)9-18(17)27-2)20-10-19(21-13-22-20)24-6-4-3-5-7-24/h10,13,15-18H,3-9,11-12H2,1-2H3,(H,23,26)/t15-,16+,17-,18-/m1/s1.